The Balaban J connectivity index is 1.91. The Morgan fingerprint density at radius 3 is 2.65 bits per heavy atom. The van der Waals surface area contributed by atoms with E-state index in [1.54, 1.807) is 13.8 Å². The first-order chi connectivity index (χ1) is 10.9. The number of hydrogen-bond acceptors (Lipinski definition) is 3. The fourth-order valence-corrected chi connectivity index (χ4v) is 2.44. The first-order valence-electron chi connectivity index (χ1n) is 7.80. The van der Waals surface area contributed by atoms with Gasteiger partial charge in [0.15, 0.2) is 0 Å². The summed E-state index contributed by atoms with van der Waals surface area (Å²) in [4.78, 5) is 28.4. The maximum absolute atomic E-state index is 12.6. The van der Waals surface area contributed by atoms with Crippen LogP contribution in [0, 0.1) is 5.41 Å². The molecular formula is C18H20N2O3. The predicted octanol–water partition coefficient (Wildman–Crippen LogP) is 2.95. The van der Waals surface area contributed by atoms with Gasteiger partial charge in [0.2, 0.25) is 0 Å². The van der Waals surface area contributed by atoms with E-state index in [4.69, 9.17) is 5.11 Å². The van der Waals surface area contributed by atoms with Crippen LogP contribution in [0.3, 0.4) is 0 Å². The zero-order valence-corrected chi connectivity index (χ0v) is 13.3. The van der Waals surface area contributed by atoms with Crippen LogP contribution in [0.1, 0.15) is 48.7 Å². The van der Waals surface area contributed by atoms with Gasteiger partial charge in [-0.3, -0.25) is 14.6 Å². The Hall–Kier alpha value is -2.43. The van der Waals surface area contributed by atoms with Crippen molar-refractivity contribution in [3.05, 3.63) is 41.6 Å². The van der Waals surface area contributed by atoms with Gasteiger partial charge in [-0.05, 0) is 38.8 Å². The second kappa shape index (κ2) is 5.65. The minimum absolute atomic E-state index is 0.0799. The molecule has 1 fully saturated rings. The van der Waals surface area contributed by atoms with E-state index in [0.29, 0.717) is 11.5 Å². The smallest absolute Gasteiger partial charge is 0.310 e. The number of carboxylic acids is 1. The zero-order valence-electron chi connectivity index (χ0n) is 13.3. The van der Waals surface area contributed by atoms with Crippen molar-refractivity contribution in [1.29, 1.82) is 0 Å². The highest BCUT2D eigenvalue weighted by Gasteiger charge is 2.29. The number of para-hydroxylation sites is 1. The summed E-state index contributed by atoms with van der Waals surface area (Å²) in [5, 5.41) is 12.7. The molecule has 23 heavy (non-hydrogen) atoms. The van der Waals surface area contributed by atoms with E-state index in [0.717, 1.165) is 29.4 Å². The maximum Gasteiger partial charge on any atom is 0.310 e. The largest absolute Gasteiger partial charge is 0.481 e. The minimum Gasteiger partial charge on any atom is -0.481 e. The molecule has 0 unspecified atom stereocenters. The molecule has 5 heteroatoms. The summed E-state index contributed by atoms with van der Waals surface area (Å²) in [6.45, 7) is 3.27. The molecule has 1 aromatic heterocycles. The number of carboxylic acid groups (broad SMARTS) is 1. The fraction of sp³-hybridized carbons (Fsp3) is 0.389. The van der Waals surface area contributed by atoms with Crippen LogP contribution in [0.4, 0.5) is 0 Å². The number of benzene rings is 1. The van der Waals surface area contributed by atoms with Crippen LogP contribution in [0.25, 0.3) is 10.9 Å². The number of carbonyl (C=O) groups excluding carboxylic acids is 1. The van der Waals surface area contributed by atoms with E-state index in [9.17, 15) is 9.59 Å². The molecule has 0 bridgehead atoms. The Morgan fingerprint density at radius 2 is 2.00 bits per heavy atom. The topological polar surface area (TPSA) is 79.3 Å². The van der Waals surface area contributed by atoms with Crippen molar-refractivity contribution in [3.63, 3.8) is 0 Å². The molecule has 1 amide bonds. The number of fused-ring (bicyclic) bond motifs is 1. The van der Waals surface area contributed by atoms with E-state index in [2.05, 4.69) is 10.3 Å². The van der Waals surface area contributed by atoms with Crippen LogP contribution < -0.4 is 5.32 Å². The molecule has 0 atom stereocenters. The molecule has 120 valence electrons. The zero-order chi connectivity index (χ0) is 16.6. The van der Waals surface area contributed by atoms with Gasteiger partial charge in [0.25, 0.3) is 5.91 Å². The number of nitrogens with zero attached hydrogens (tertiary/aromatic N) is 1. The van der Waals surface area contributed by atoms with Gasteiger partial charge in [0, 0.05) is 23.5 Å². The van der Waals surface area contributed by atoms with Gasteiger partial charge in [-0.15, -0.1) is 0 Å². The number of aromatic nitrogens is 1. The molecule has 0 saturated heterocycles. The summed E-state index contributed by atoms with van der Waals surface area (Å²) in [5.74, 6) is -0.738. The summed E-state index contributed by atoms with van der Waals surface area (Å²) < 4.78 is 0. The van der Waals surface area contributed by atoms with E-state index < -0.39 is 11.4 Å². The third kappa shape index (κ3) is 3.18. The molecule has 1 aromatic carbocycles. The van der Waals surface area contributed by atoms with Crippen molar-refractivity contribution in [2.45, 2.75) is 32.6 Å². The third-order valence-corrected chi connectivity index (χ3v) is 4.25. The Bertz CT molecular complexity index is 779. The Morgan fingerprint density at radius 1 is 1.30 bits per heavy atom. The number of aliphatic carboxylic acids is 1. The highest BCUT2D eigenvalue weighted by Crippen LogP contribution is 2.40. The standard InChI is InChI=1S/C18H20N2O3/c1-18(2,17(22)23)10-19-16(21)13-9-15(11-7-8-11)20-14-6-4-3-5-12(13)14/h3-6,9,11H,7-8,10H2,1-2H3,(H,19,21)(H,22,23). The van der Waals surface area contributed by atoms with Crippen LogP contribution in [0.2, 0.25) is 0 Å². The van der Waals surface area contributed by atoms with Crippen LogP contribution in [0.15, 0.2) is 30.3 Å². The number of amides is 1. The monoisotopic (exact) mass is 312 g/mol. The molecule has 0 radical (unpaired) electrons. The SMILES string of the molecule is CC(C)(CNC(=O)c1cc(C2CC2)nc2ccccc12)C(=O)O. The third-order valence-electron chi connectivity index (χ3n) is 4.25. The lowest BCUT2D eigenvalue weighted by atomic mass is 9.93. The van der Waals surface area contributed by atoms with Crippen molar-refractivity contribution in [2.75, 3.05) is 6.54 Å². The van der Waals surface area contributed by atoms with Gasteiger partial charge in [-0.2, -0.15) is 0 Å². The average molecular weight is 312 g/mol. The van der Waals surface area contributed by atoms with Crippen molar-refractivity contribution in [1.82, 2.24) is 10.3 Å². The molecule has 1 aliphatic rings. The van der Waals surface area contributed by atoms with Crippen LogP contribution in [-0.2, 0) is 4.79 Å². The normalized spacial score (nSPS) is 14.7. The molecule has 0 spiro atoms. The lowest BCUT2D eigenvalue weighted by Crippen LogP contribution is -2.39. The van der Waals surface area contributed by atoms with E-state index >= 15 is 0 Å². The van der Waals surface area contributed by atoms with Gasteiger partial charge in [0.1, 0.15) is 0 Å². The summed E-state index contributed by atoms with van der Waals surface area (Å²) in [5.41, 5.74) is 1.32. The number of carbonyl (C=O) groups is 2. The molecule has 0 aliphatic heterocycles. The minimum atomic E-state index is -1.00. The lowest BCUT2D eigenvalue weighted by molar-refractivity contribution is -0.146. The quantitative estimate of drug-likeness (QED) is 0.889. The van der Waals surface area contributed by atoms with E-state index in [1.165, 1.54) is 0 Å². The predicted molar refractivity (Wildman–Crippen MR) is 87.5 cm³/mol. The van der Waals surface area contributed by atoms with E-state index in [-0.39, 0.29) is 12.5 Å². The van der Waals surface area contributed by atoms with Gasteiger partial charge < -0.3 is 10.4 Å². The van der Waals surface area contributed by atoms with Crippen LogP contribution in [0.5, 0.6) is 0 Å². The molecule has 5 nitrogen and oxygen atoms in total. The molecule has 3 rings (SSSR count). The number of rotatable bonds is 5. The Kier molecular flexibility index (Phi) is 3.80. The van der Waals surface area contributed by atoms with Crippen LogP contribution >= 0.6 is 0 Å². The molecule has 2 aromatic rings. The van der Waals surface area contributed by atoms with Crippen molar-refractivity contribution < 1.29 is 14.7 Å². The van der Waals surface area contributed by atoms with Crippen molar-refractivity contribution in [3.8, 4) is 0 Å². The summed E-state index contributed by atoms with van der Waals surface area (Å²) in [6, 6.07) is 9.40. The Labute approximate surface area is 134 Å². The number of hydrogen-bond donors (Lipinski definition) is 2. The first kappa shape index (κ1) is 15.5. The molecule has 2 N–H and O–H groups in total. The van der Waals surface area contributed by atoms with Crippen molar-refractivity contribution >= 4 is 22.8 Å². The lowest BCUT2D eigenvalue weighted by Gasteiger charge is -2.20. The van der Waals surface area contributed by atoms with Crippen molar-refractivity contribution in [2.24, 2.45) is 5.41 Å². The first-order valence-corrected chi connectivity index (χ1v) is 7.80. The summed E-state index contributed by atoms with van der Waals surface area (Å²) in [6.07, 6.45) is 2.22. The summed E-state index contributed by atoms with van der Waals surface area (Å²) >= 11 is 0. The summed E-state index contributed by atoms with van der Waals surface area (Å²) in [7, 11) is 0. The van der Waals surface area contributed by atoms with Gasteiger partial charge >= 0.3 is 5.97 Å². The second-order valence-corrected chi connectivity index (χ2v) is 6.76. The second-order valence-electron chi connectivity index (χ2n) is 6.76. The maximum atomic E-state index is 12.6. The van der Waals surface area contributed by atoms with Crippen LogP contribution in [-0.4, -0.2) is 28.5 Å². The highest BCUT2D eigenvalue weighted by atomic mass is 16.4. The molecule has 1 saturated carbocycles. The molecular weight excluding hydrogens is 292 g/mol. The van der Waals surface area contributed by atoms with E-state index in [1.807, 2.05) is 30.3 Å². The average Bonchev–Trinajstić information content (AvgIpc) is 3.36. The fourth-order valence-electron chi connectivity index (χ4n) is 2.44. The molecule has 1 aliphatic carbocycles. The van der Waals surface area contributed by atoms with Gasteiger partial charge in [0.05, 0.1) is 16.5 Å². The van der Waals surface area contributed by atoms with Gasteiger partial charge in [-0.25, -0.2) is 0 Å². The number of pyridine rings is 1. The van der Waals surface area contributed by atoms with Gasteiger partial charge in [-0.1, -0.05) is 18.2 Å². The number of nitrogens with one attached hydrogen (secondary N) is 1. The highest BCUT2D eigenvalue weighted by molar-refractivity contribution is 6.06. The molecule has 1 heterocycles.